The lowest BCUT2D eigenvalue weighted by molar-refractivity contribution is 0.0894. The molecule has 1 heterocycles. The topological polar surface area (TPSA) is 51.2 Å². The van der Waals surface area contributed by atoms with Crippen molar-refractivity contribution in [2.45, 2.75) is 37.8 Å². The van der Waals surface area contributed by atoms with Crippen LogP contribution in [0.1, 0.15) is 36.0 Å². The summed E-state index contributed by atoms with van der Waals surface area (Å²) in [5.41, 5.74) is 1.28. The number of nitrogens with zero attached hydrogens (tertiary/aromatic N) is 1. The smallest absolute Gasteiger partial charge is 0.251 e. The van der Waals surface area contributed by atoms with Crippen LogP contribution >= 0.6 is 0 Å². The largest absolute Gasteiger partial charge is 0.490 e. The molecule has 5 heteroatoms. The van der Waals surface area contributed by atoms with Gasteiger partial charge in [-0.2, -0.15) is 0 Å². The minimum absolute atomic E-state index is 0.0924. The molecule has 0 bridgehead atoms. The van der Waals surface area contributed by atoms with Crippen molar-refractivity contribution in [3.8, 4) is 5.75 Å². The van der Waals surface area contributed by atoms with Gasteiger partial charge < -0.3 is 10.1 Å². The number of benzene rings is 2. The first-order valence-corrected chi connectivity index (χ1v) is 9.26. The number of amides is 1. The fourth-order valence-corrected chi connectivity index (χ4v) is 3.58. The molecular formula is C22H21FN2O2. The number of carbonyl (C=O) groups is 1. The number of hydrogen-bond acceptors (Lipinski definition) is 3. The van der Waals surface area contributed by atoms with Gasteiger partial charge >= 0.3 is 0 Å². The molecular weight excluding hydrogens is 343 g/mol. The Balaban J connectivity index is 1.34. The number of nitrogens with one attached hydrogen (secondary N) is 1. The van der Waals surface area contributed by atoms with Gasteiger partial charge in [0.25, 0.3) is 5.91 Å². The van der Waals surface area contributed by atoms with E-state index < -0.39 is 5.82 Å². The fourth-order valence-electron chi connectivity index (χ4n) is 3.58. The van der Waals surface area contributed by atoms with Crippen LogP contribution < -0.4 is 10.1 Å². The lowest BCUT2D eigenvalue weighted by atomic mass is 9.92. The summed E-state index contributed by atoms with van der Waals surface area (Å²) >= 11 is 0. The highest BCUT2D eigenvalue weighted by molar-refractivity contribution is 5.94. The molecule has 0 saturated heterocycles. The van der Waals surface area contributed by atoms with Crippen LogP contribution in [0.3, 0.4) is 0 Å². The molecule has 27 heavy (non-hydrogen) atoms. The molecule has 0 radical (unpaired) electrons. The van der Waals surface area contributed by atoms with Crippen LogP contribution in [-0.2, 0) is 0 Å². The van der Waals surface area contributed by atoms with Gasteiger partial charge in [-0.1, -0.05) is 18.2 Å². The number of rotatable bonds is 4. The average molecular weight is 364 g/mol. The molecule has 1 N–H and O–H groups in total. The minimum atomic E-state index is -0.399. The SMILES string of the molecule is O=C(N[C@H]1CC[C@H](Oc2ccnc3ccccc23)CC1)c1cccc(F)c1. The number of carbonyl (C=O) groups excluding carboxylic acids is 1. The standard InChI is InChI=1S/C22H21FN2O2/c23-16-5-3-4-15(14-16)22(26)25-17-8-10-18(11-9-17)27-21-12-13-24-20-7-2-1-6-19(20)21/h1-7,12-14,17-18H,8-11H2,(H,25,26)/t17-,18-. The van der Waals surface area contributed by atoms with E-state index in [0.717, 1.165) is 42.3 Å². The number of hydrogen-bond donors (Lipinski definition) is 1. The first-order valence-electron chi connectivity index (χ1n) is 9.26. The Morgan fingerprint density at radius 2 is 1.85 bits per heavy atom. The number of fused-ring (bicyclic) bond motifs is 1. The fraction of sp³-hybridized carbons (Fsp3) is 0.273. The third-order valence-corrected chi connectivity index (χ3v) is 5.00. The van der Waals surface area contributed by atoms with Crippen LogP contribution in [0.15, 0.2) is 60.8 Å². The van der Waals surface area contributed by atoms with Crippen molar-refractivity contribution in [2.24, 2.45) is 0 Å². The monoisotopic (exact) mass is 364 g/mol. The summed E-state index contributed by atoms with van der Waals surface area (Å²) in [6.45, 7) is 0. The molecule has 1 saturated carbocycles. The van der Waals surface area contributed by atoms with Gasteiger partial charge in [-0.25, -0.2) is 4.39 Å². The Kier molecular flexibility index (Phi) is 5.01. The zero-order valence-corrected chi connectivity index (χ0v) is 14.9. The maximum Gasteiger partial charge on any atom is 0.251 e. The van der Waals surface area contributed by atoms with Crippen LogP contribution in [0.25, 0.3) is 10.9 Å². The summed E-state index contributed by atoms with van der Waals surface area (Å²) in [6, 6.07) is 15.7. The van der Waals surface area contributed by atoms with Crippen LogP contribution in [0, 0.1) is 5.82 Å². The molecule has 0 atom stereocenters. The predicted molar refractivity (Wildman–Crippen MR) is 102 cm³/mol. The molecule has 0 aliphatic heterocycles. The van der Waals surface area contributed by atoms with E-state index >= 15 is 0 Å². The molecule has 1 aromatic heterocycles. The number of halogens is 1. The lowest BCUT2D eigenvalue weighted by Crippen LogP contribution is -2.39. The zero-order valence-electron chi connectivity index (χ0n) is 14.9. The number of aromatic nitrogens is 1. The minimum Gasteiger partial charge on any atom is -0.490 e. The second-order valence-corrected chi connectivity index (χ2v) is 6.90. The van der Waals surface area contributed by atoms with E-state index in [2.05, 4.69) is 10.3 Å². The van der Waals surface area contributed by atoms with Gasteiger partial charge in [0, 0.05) is 23.2 Å². The van der Waals surface area contributed by atoms with E-state index in [1.165, 1.54) is 12.1 Å². The Bertz CT molecular complexity index is 946. The summed E-state index contributed by atoms with van der Waals surface area (Å²) in [5.74, 6) is 0.233. The van der Waals surface area contributed by atoms with Gasteiger partial charge in [0.2, 0.25) is 0 Å². The molecule has 138 valence electrons. The average Bonchev–Trinajstić information content (AvgIpc) is 2.70. The summed E-state index contributed by atoms with van der Waals surface area (Å²) in [7, 11) is 0. The summed E-state index contributed by atoms with van der Waals surface area (Å²) < 4.78 is 19.5. The first kappa shape index (κ1) is 17.5. The molecule has 1 aliphatic carbocycles. The Labute approximate surface area is 157 Å². The Morgan fingerprint density at radius 3 is 2.67 bits per heavy atom. The normalized spacial score (nSPS) is 19.6. The molecule has 1 amide bonds. The molecule has 0 spiro atoms. The second kappa shape index (κ2) is 7.74. The quantitative estimate of drug-likeness (QED) is 0.742. The number of para-hydroxylation sites is 1. The molecule has 4 rings (SSSR count). The van der Waals surface area contributed by atoms with Crippen molar-refractivity contribution >= 4 is 16.8 Å². The predicted octanol–water partition coefficient (Wildman–Crippen LogP) is 4.49. The third kappa shape index (κ3) is 4.08. The van der Waals surface area contributed by atoms with Gasteiger partial charge in [0.15, 0.2) is 0 Å². The maximum atomic E-state index is 13.3. The van der Waals surface area contributed by atoms with Crippen LogP contribution in [0.4, 0.5) is 4.39 Å². The summed E-state index contributed by atoms with van der Waals surface area (Å²) in [4.78, 5) is 16.6. The van der Waals surface area contributed by atoms with Crippen molar-refractivity contribution in [3.05, 3.63) is 72.2 Å². The van der Waals surface area contributed by atoms with Crippen molar-refractivity contribution in [3.63, 3.8) is 0 Å². The van der Waals surface area contributed by atoms with E-state index in [1.807, 2.05) is 30.3 Å². The first-order chi connectivity index (χ1) is 13.2. The lowest BCUT2D eigenvalue weighted by Gasteiger charge is -2.29. The zero-order chi connectivity index (χ0) is 18.6. The van der Waals surface area contributed by atoms with Crippen molar-refractivity contribution < 1.29 is 13.9 Å². The third-order valence-electron chi connectivity index (χ3n) is 5.00. The van der Waals surface area contributed by atoms with Crippen molar-refractivity contribution in [2.75, 3.05) is 0 Å². The summed E-state index contributed by atoms with van der Waals surface area (Å²) in [6.07, 6.45) is 5.31. The van der Waals surface area contributed by atoms with E-state index in [9.17, 15) is 9.18 Å². The van der Waals surface area contributed by atoms with Gasteiger partial charge in [-0.3, -0.25) is 9.78 Å². The van der Waals surface area contributed by atoms with E-state index in [0.29, 0.717) is 5.56 Å². The van der Waals surface area contributed by atoms with E-state index in [4.69, 9.17) is 4.74 Å². The molecule has 1 fully saturated rings. The molecule has 1 aliphatic rings. The molecule has 0 unspecified atom stereocenters. The Hall–Kier alpha value is -2.95. The van der Waals surface area contributed by atoms with Crippen LogP contribution in [0.5, 0.6) is 5.75 Å². The van der Waals surface area contributed by atoms with Crippen LogP contribution in [-0.4, -0.2) is 23.0 Å². The highest BCUT2D eigenvalue weighted by atomic mass is 19.1. The van der Waals surface area contributed by atoms with Gasteiger partial charge in [-0.15, -0.1) is 0 Å². The highest BCUT2D eigenvalue weighted by Gasteiger charge is 2.24. The van der Waals surface area contributed by atoms with Crippen molar-refractivity contribution in [1.29, 1.82) is 0 Å². The summed E-state index contributed by atoms with van der Waals surface area (Å²) in [5, 5.41) is 4.02. The number of ether oxygens (including phenoxy) is 1. The Morgan fingerprint density at radius 1 is 1.04 bits per heavy atom. The highest BCUT2D eigenvalue weighted by Crippen LogP contribution is 2.28. The van der Waals surface area contributed by atoms with E-state index in [-0.39, 0.29) is 18.1 Å². The van der Waals surface area contributed by atoms with Gasteiger partial charge in [0.1, 0.15) is 11.6 Å². The van der Waals surface area contributed by atoms with Gasteiger partial charge in [0.05, 0.1) is 11.6 Å². The molecule has 4 nitrogen and oxygen atoms in total. The molecule has 3 aromatic rings. The van der Waals surface area contributed by atoms with Gasteiger partial charge in [-0.05, 0) is 62.1 Å². The molecule has 2 aromatic carbocycles. The van der Waals surface area contributed by atoms with Crippen LogP contribution in [0.2, 0.25) is 0 Å². The number of pyridine rings is 1. The van der Waals surface area contributed by atoms with Crippen molar-refractivity contribution in [1.82, 2.24) is 10.3 Å². The van der Waals surface area contributed by atoms with E-state index in [1.54, 1.807) is 18.3 Å². The maximum absolute atomic E-state index is 13.3. The second-order valence-electron chi connectivity index (χ2n) is 6.90.